The predicted molar refractivity (Wildman–Crippen MR) is 45.3 cm³/mol. The zero-order chi connectivity index (χ0) is 8.53. The van der Waals surface area contributed by atoms with Crippen LogP contribution < -0.4 is 0 Å². The van der Waals surface area contributed by atoms with Crippen molar-refractivity contribution in [2.24, 2.45) is 0 Å². The van der Waals surface area contributed by atoms with E-state index in [0.29, 0.717) is 0 Å². The van der Waals surface area contributed by atoms with Gasteiger partial charge in [-0.1, -0.05) is 36.5 Å². The van der Waals surface area contributed by atoms with Crippen molar-refractivity contribution in [1.82, 2.24) is 0 Å². The molecule has 0 spiro atoms. The first-order valence-corrected chi connectivity index (χ1v) is 3.43. The fraction of sp³-hybridized carbons (Fsp3) is 0.222. The minimum Gasteiger partial charge on any atom is -0.481 e. The predicted octanol–water partition coefficient (Wildman–Crippen LogP) is 2.15. The molecule has 0 aromatic carbocycles. The van der Waals surface area contributed by atoms with Crippen molar-refractivity contribution in [3.63, 3.8) is 0 Å². The summed E-state index contributed by atoms with van der Waals surface area (Å²) in [5, 5.41) is 8.23. The van der Waals surface area contributed by atoms with Crippen molar-refractivity contribution in [3.8, 4) is 0 Å². The molecule has 0 saturated heterocycles. The molecule has 1 N–H and O–H groups in total. The van der Waals surface area contributed by atoms with Gasteiger partial charge < -0.3 is 5.11 Å². The highest BCUT2D eigenvalue weighted by atomic mass is 16.4. The molecule has 11 heavy (non-hydrogen) atoms. The van der Waals surface area contributed by atoms with Crippen molar-refractivity contribution in [2.75, 3.05) is 0 Å². The number of rotatable bonds is 4. The van der Waals surface area contributed by atoms with E-state index >= 15 is 0 Å². The second-order valence-electron chi connectivity index (χ2n) is 1.94. The molecule has 0 saturated carbocycles. The molecule has 0 aliphatic carbocycles. The fourth-order valence-corrected chi connectivity index (χ4v) is 0.487. The van der Waals surface area contributed by atoms with E-state index in [1.165, 1.54) is 0 Å². The molecular weight excluding hydrogens is 140 g/mol. The summed E-state index contributed by atoms with van der Waals surface area (Å²) in [6.45, 7) is 1.92. The molecule has 0 unspecified atom stereocenters. The molecule has 0 aliphatic rings. The Balaban J connectivity index is 3.51. The molecule has 0 atom stereocenters. The number of carboxylic acids is 1. The quantitative estimate of drug-likeness (QED) is 0.627. The molecule has 0 amide bonds. The van der Waals surface area contributed by atoms with Crippen LogP contribution in [0.4, 0.5) is 0 Å². The molecule has 2 nitrogen and oxygen atoms in total. The van der Waals surface area contributed by atoms with Gasteiger partial charge in [0.25, 0.3) is 0 Å². The molecule has 0 fully saturated rings. The van der Waals surface area contributed by atoms with Gasteiger partial charge in [0, 0.05) is 0 Å². The highest BCUT2D eigenvalue weighted by Crippen LogP contribution is 1.84. The zero-order valence-electron chi connectivity index (χ0n) is 6.53. The van der Waals surface area contributed by atoms with Crippen LogP contribution in [0.25, 0.3) is 0 Å². The Labute approximate surface area is 66.5 Å². The Kier molecular flexibility index (Phi) is 5.99. The Morgan fingerprint density at radius 3 is 2.45 bits per heavy atom. The number of hydrogen-bond donors (Lipinski definition) is 1. The van der Waals surface area contributed by atoms with Crippen molar-refractivity contribution in [2.45, 2.75) is 13.3 Å². The lowest BCUT2D eigenvalue weighted by Gasteiger charge is -1.79. The van der Waals surface area contributed by atoms with E-state index in [1.807, 2.05) is 25.2 Å². The van der Waals surface area contributed by atoms with Crippen molar-refractivity contribution in [1.29, 1.82) is 0 Å². The van der Waals surface area contributed by atoms with Crippen molar-refractivity contribution < 1.29 is 9.90 Å². The van der Waals surface area contributed by atoms with Crippen molar-refractivity contribution >= 4 is 5.97 Å². The van der Waals surface area contributed by atoms with Gasteiger partial charge in [0.15, 0.2) is 0 Å². The third kappa shape index (κ3) is 8.69. The van der Waals surface area contributed by atoms with Gasteiger partial charge in [-0.15, -0.1) is 0 Å². The molecule has 0 aliphatic heterocycles. The summed E-state index contributed by atoms with van der Waals surface area (Å²) in [5.41, 5.74) is 0. The molecule has 0 aromatic rings. The highest BCUT2D eigenvalue weighted by Gasteiger charge is 1.86. The Morgan fingerprint density at radius 1 is 1.27 bits per heavy atom. The molecule has 2 heteroatoms. The van der Waals surface area contributed by atoms with E-state index in [1.54, 1.807) is 18.2 Å². The Bertz CT molecular complexity index is 188. The van der Waals surface area contributed by atoms with E-state index in [4.69, 9.17) is 5.11 Å². The normalized spacial score (nSPS) is 12.1. The fourth-order valence-electron chi connectivity index (χ4n) is 0.487. The third-order valence-corrected chi connectivity index (χ3v) is 0.954. The summed E-state index contributed by atoms with van der Waals surface area (Å²) < 4.78 is 0. The van der Waals surface area contributed by atoms with Gasteiger partial charge in [-0.2, -0.15) is 0 Å². The van der Waals surface area contributed by atoms with E-state index in [0.717, 1.165) is 0 Å². The van der Waals surface area contributed by atoms with Crippen LogP contribution in [0.15, 0.2) is 36.5 Å². The highest BCUT2D eigenvalue weighted by molar-refractivity contribution is 5.68. The topological polar surface area (TPSA) is 37.3 Å². The maximum atomic E-state index is 10.00. The molecule has 0 aromatic heterocycles. The summed E-state index contributed by atoms with van der Waals surface area (Å²) in [7, 11) is 0. The smallest absolute Gasteiger partial charge is 0.307 e. The van der Waals surface area contributed by atoms with Crippen LogP contribution in [0.5, 0.6) is 0 Å². The van der Waals surface area contributed by atoms with Crippen LogP contribution in [0, 0.1) is 0 Å². The minimum atomic E-state index is -0.805. The number of aliphatic carboxylic acids is 1. The maximum absolute atomic E-state index is 10.00. The first-order chi connectivity index (χ1) is 5.27. The first-order valence-electron chi connectivity index (χ1n) is 3.43. The van der Waals surface area contributed by atoms with E-state index in [9.17, 15) is 4.79 Å². The van der Waals surface area contributed by atoms with Crippen LogP contribution >= 0.6 is 0 Å². The van der Waals surface area contributed by atoms with Gasteiger partial charge in [0.05, 0.1) is 6.42 Å². The first kappa shape index (κ1) is 9.69. The van der Waals surface area contributed by atoms with Gasteiger partial charge in [-0.05, 0) is 6.92 Å². The number of hydrogen-bond acceptors (Lipinski definition) is 1. The maximum Gasteiger partial charge on any atom is 0.307 e. The largest absolute Gasteiger partial charge is 0.481 e. The lowest BCUT2D eigenvalue weighted by molar-refractivity contribution is -0.135. The second-order valence-corrected chi connectivity index (χ2v) is 1.94. The number of allylic oxidation sites excluding steroid dienone is 5. The summed E-state index contributed by atoms with van der Waals surface area (Å²) in [4.78, 5) is 10.00. The lowest BCUT2D eigenvalue weighted by atomic mass is 10.3. The average Bonchev–Trinajstić information content (AvgIpc) is 1.96. The summed E-state index contributed by atoms with van der Waals surface area (Å²) in [6, 6.07) is 0. The van der Waals surface area contributed by atoms with Gasteiger partial charge in [0.2, 0.25) is 0 Å². The molecule has 0 radical (unpaired) electrons. The average molecular weight is 152 g/mol. The number of carboxylic acid groups (broad SMARTS) is 1. The van der Waals surface area contributed by atoms with Gasteiger partial charge in [0.1, 0.15) is 0 Å². The standard InChI is InChI=1S/C9H12O2/c1-2-3-4-5-6-7-8-9(10)11/h2-7H,8H2,1H3,(H,10,11)/b3-2+,5-4+,7-6+. The molecule has 0 bridgehead atoms. The van der Waals surface area contributed by atoms with E-state index in [2.05, 4.69) is 0 Å². The van der Waals surface area contributed by atoms with Gasteiger partial charge >= 0.3 is 5.97 Å². The monoisotopic (exact) mass is 152 g/mol. The minimum absolute atomic E-state index is 0.0835. The molecule has 0 rings (SSSR count). The van der Waals surface area contributed by atoms with Gasteiger partial charge in [-0.25, -0.2) is 0 Å². The lowest BCUT2D eigenvalue weighted by Crippen LogP contribution is -1.89. The van der Waals surface area contributed by atoms with Crippen molar-refractivity contribution in [3.05, 3.63) is 36.5 Å². The Morgan fingerprint density at radius 2 is 1.91 bits per heavy atom. The Hall–Kier alpha value is -1.31. The van der Waals surface area contributed by atoms with Crippen LogP contribution in [-0.4, -0.2) is 11.1 Å². The zero-order valence-corrected chi connectivity index (χ0v) is 6.53. The number of carbonyl (C=O) groups is 1. The van der Waals surface area contributed by atoms with Gasteiger partial charge in [-0.3, -0.25) is 4.79 Å². The third-order valence-electron chi connectivity index (χ3n) is 0.954. The van der Waals surface area contributed by atoms with E-state index < -0.39 is 5.97 Å². The van der Waals surface area contributed by atoms with Crippen LogP contribution in [-0.2, 0) is 4.79 Å². The summed E-state index contributed by atoms with van der Waals surface area (Å²) >= 11 is 0. The molecule has 0 heterocycles. The molecule has 60 valence electrons. The second kappa shape index (κ2) is 6.81. The van der Waals surface area contributed by atoms with Crippen LogP contribution in [0.2, 0.25) is 0 Å². The van der Waals surface area contributed by atoms with E-state index in [-0.39, 0.29) is 6.42 Å². The SMILES string of the molecule is C/C=C/C=C/C=C/CC(=O)O. The van der Waals surface area contributed by atoms with Crippen LogP contribution in [0.1, 0.15) is 13.3 Å². The summed E-state index contributed by atoms with van der Waals surface area (Å²) in [5.74, 6) is -0.805. The van der Waals surface area contributed by atoms with Crippen LogP contribution in [0.3, 0.4) is 0 Å². The summed E-state index contributed by atoms with van der Waals surface area (Å²) in [6.07, 6.45) is 10.8. The molecular formula is C9H12O2.